The molecule has 0 fully saturated rings. The van der Waals surface area contributed by atoms with E-state index < -0.39 is 16.0 Å². The molecule has 0 saturated heterocycles. The zero-order chi connectivity index (χ0) is 14.6. The molecular weight excluding hydrogens is 280 g/mol. The molecule has 0 spiro atoms. The molecule has 0 amide bonds. The van der Waals surface area contributed by atoms with Crippen molar-refractivity contribution in [2.45, 2.75) is 11.4 Å². The Kier molecular flexibility index (Phi) is 4.11. The third-order valence-electron chi connectivity index (χ3n) is 2.61. The molecule has 0 radical (unpaired) electrons. The van der Waals surface area contributed by atoms with Crippen LogP contribution in [0.3, 0.4) is 0 Å². The standard InChI is InChI=1S/C13H12N2O4S/c16-13(17)11-2-1-3-12(8-11)20(18,19)15-9-10-4-6-14-7-5-10/h1-8,15H,9H2,(H,16,17). The second-order valence-electron chi connectivity index (χ2n) is 4.01. The smallest absolute Gasteiger partial charge is 0.335 e. The van der Waals surface area contributed by atoms with E-state index in [1.807, 2.05) is 0 Å². The van der Waals surface area contributed by atoms with Gasteiger partial charge in [0.15, 0.2) is 0 Å². The van der Waals surface area contributed by atoms with Gasteiger partial charge in [-0.3, -0.25) is 4.98 Å². The molecule has 6 nitrogen and oxygen atoms in total. The summed E-state index contributed by atoms with van der Waals surface area (Å²) in [6.07, 6.45) is 3.13. The minimum absolute atomic E-state index is 0.0724. The molecule has 2 aromatic rings. The van der Waals surface area contributed by atoms with Crippen LogP contribution >= 0.6 is 0 Å². The number of pyridine rings is 1. The van der Waals surface area contributed by atoms with Crippen LogP contribution in [0.2, 0.25) is 0 Å². The van der Waals surface area contributed by atoms with Crippen LogP contribution in [0.5, 0.6) is 0 Å². The fourth-order valence-electron chi connectivity index (χ4n) is 1.56. The molecule has 1 aromatic carbocycles. The molecule has 7 heteroatoms. The van der Waals surface area contributed by atoms with E-state index >= 15 is 0 Å². The van der Waals surface area contributed by atoms with Gasteiger partial charge < -0.3 is 5.11 Å². The van der Waals surface area contributed by atoms with Crippen molar-refractivity contribution in [2.75, 3.05) is 0 Å². The molecule has 2 rings (SSSR count). The van der Waals surface area contributed by atoms with Crippen molar-refractivity contribution < 1.29 is 18.3 Å². The van der Waals surface area contributed by atoms with E-state index in [-0.39, 0.29) is 17.0 Å². The van der Waals surface area contributed by atoms with E-state index in [0.29, 0.717) is 0 Å². The molecule has 0 aliphatic rings. The Morgan fingerprint density at radius 1 is 1.20 bits per heavy atom. The highest BCUT2D eigenvalue weighted by molar-refractivity contribution is 7.89. The summed E-state index contributed by atoms with van der Waals surface area (Å²) in [6.45, 7) is 0.113. The Morgan fingerprint density at radius 2 is 1.90 bits per heavy atom. The summed E-state index contributed by atoms with van der Waals surface area (Å²) >= 11 is 0. The van der Waals surface area contributed by atoms with Crippen molar-refractivity contribution in [1.82, 2.24) is 9.71 Å². The topological polar surface area (TPSA) is 96.4 Å². The quantitative estimate of drug-likeness (QED) is 0.864. The lowest BCUT2D eigenvalue weighted by Gasteiger charge is -2.07. The summed E-state index contributed by atoms with van der Waals surface area (Å²) in [7, 11) is -3.75. The highest BCUT2D eigenvalue weighted by Gasteiger charge is 2.15. The number of sulfonamides is 1. The lowest BCUT2D eigenvalue weighted by atomic mass is 10.2. The van der Waals surface area contributed by atoms with Crippen molar-refractivity contribution in [3.63, 3.8) is 0 Å². The lowest BCUT2D eigenvalue weighted by Crippen LogP contribution is -2.23. The normalized spacial score (nSPS) is 11.2. The molecule has 0 atom stereocenters. The fourth-order valence-corrected chi connectivity index (χ4v) is 2.62. The number of carboxylic acids is 1. The first kappa shape index (κ1) is 14.2. The van der Waals surface area contributed by atoms with E-state index in [1.54, 1.807) is 24.5 Å². The SMILES string of the molecule is O=C(O)c1cccc(S(=O)(=O)NCc2ccncc2)c1. The molecule has 1 heterocycles. The maximum absolute atomic E-state index is 12.1. The Balaban J connectivity index is 2.18. The van der Waals surface area contributed by atoms with Crippen LogP contribution in [-0.4, -0.2) is 24.5 Å². The van der Waals surface area contributed by atoms with Gasteiger partial charge in [0, 0.05) is 18.9 Å². The Bertz CT molecular complexity index is 714. The number of aromatic carboxylic acids is 1. The maximum atomic E-state index is 12.1. The van der Waals surface area contributed by atoms with Crippen LogP contribution in [0.4, 0.5) is 0 Å². The van der Waals surface area contributed by atoms with Gasteiger partial charge in [0.25, 0.3) is 0 Å². The van der Waals surface area contributed by atoms with E-state index in [4.69, 9.17) is 5.11 Å². The third kappa shape index (κ3) is 3.40. The fraction of sp³-hybridized carbons (Fsp3) is 0.0769. The second-order valence-corrected chi connectivity index (χ2v) is 5.78. The van der Waals surface area contributed by atoms with Gasteiger partial charge in [-0.1, -0.05) is 6.07 Å². The molecule has 0 saturated carbocycles. The van der Waals surface area contributed by atoms with Crippen molar-refractivity contribution in [3.8, 4) is 0 Å². The summed E-state index contributed by atoms with van der Waals surface area (Å²) < 4.78 is 26.5. The van der Waals surface area contributed by atoms with Gasteiger partial charge in [-0.15, -0.1) is 0 Å². The lowest BCUT2D eigenvalue weighted by molar-refractivity contribution is 0.0696. The predicted molar refractivity (Wildman–Crippen MR) is 71.7 cm³/mol. The van der Waals surface area contributed by atoms with Gasteiger partial charge in [0.1, 0.15) is 0 Å². The van der Waals surface area contributed by atoms with E-state index in [9.17, 15) is 13.2 Å². The van der Waals surface area contributed by atoms with Crippen LogP contribution in [0, 0.1) is 0 Å². The molecule has 0 unspecified atom stereocenters. The number of carbonyl (C=O) groups is 1. The zero-order valence-electron chi connectivity index (χ0n) is 10.4. The van der Waals surface area contributed by atoms with Crippen LogP contribution in [0.1, 0.15) is 15.9 Å². The number of carboxylic acid groups (broad SMARTS) is 1. The average Bonchev–Trinajstić information content (AvgIpc) is 2.46. The molecule has 20 heavy (non-hydrogen) atoms. The molecule has 0 aliphatic carbocycles. The number of nitrogens with zero attached hydrogens (tertiary/aromatic N) is 1. The van der Waals surface area contributed by atoms with Gasteiger partial charge in [-0.2, -0.15) is 0 Å². The minimum Gasteiger partial charge on any atom is -0.478 e. The predicted octanol–water partition coefficient (Wildman–Crippen LogP) is 1.26. The number of rotatable bonds is 5. The van der Waals surface area contributed by atoms with Gasteiger partial charge in [0.2, 0.25) is 10.0 Å². The van der Waals surface area contributed by atoms with Crippen molar-refractivity contribution >= 4 is 16.0 Å². The van der Waals surface area contributed by atoms with Crippen LogP contribution in [-0.2, 0) is 16.6 Å². The molecule has 2 N–H and O–H groups in total. The largest absolute Gasteiger partial charge is 0.478 e. The first-order chi connectivity index (χ1) is 9.49. The summed E-state index contributed by atoms with van der Waals surface area (Å²) in [4.78, 5) is 14.6. The number of aromatic nitrogens is 1. The van der Waals surface area contributed by atoms with Gasteiger partial charge in [-0.25, -0.2) is 17.9 Å². The highest BCUT2D eigenvalue weighted by Crippen LogP contribution is 2.12. The summed E-state index contributed by atoms with van der Waals surface area (Å²) in [5.41, 5.74) is 0.690. The van der Waals surface area contributed by atoms with Gasteiger partial charge in [-0.05, 0) is 35.9 Å². The van der Waals surface area contributed by atoms with E-state index in [0.717, 1.165) is 11.6 Å². The maximum Gasteiger partial charge on any atom is 0.335 e. The van der Waals surface area contributed by atoms with Gasteiger partial charge >= 0.3 is 5.97 Å². The first-order valence-electron chi connectivity index (χ1n) is 5.71. The highest BCUT2D eigenvalue weighted by atomic mass is 32.2. The molecule has 104 valence electrons. The number of hydrogen-bond acceptors (Lipinski definition) is 4. The summed E-state index contributed by atoms with van der Waals surface area (Å²) in [5, 5.41) is 8.86. The number of hydrogen-bond donors (Lipinski definition) is 2. The van der Waals surface area contributed by atoms with Gasteiger partial charge in [0.05, 0.1) is 10.5 Å². The Labute approximate surface area is 116 Å². The van der Waals surface area contributed by atoms with Crippen LogP contribution in [0.15, 0.2) is 53.7 Å². The number of benzene rings is 1. The summed E-state index contributed by atoms with van der Waals surface area (Å²) in [6, 6.07) is 8.58. The average molecular weight is 292 g/mol. The molecule has 0 bridgehead atoms. The van der Waals surface area contributed by atoms with E-state index in [1.165, 1.54) is 18.2 Å². The minimum atomic E-state index is -3.75. The first-order valence-corrected chi connectivity index (χ1v) is 7.19. The second kappa shape index (κ2) is 5.81. The Hall–Kier alpha value is -2.25. The third-order valence-corrected chi connectivity index (χ3v) is 4.01. The summed E-state index contributed by atoms with van der Waals surface area (Å²) in [5.74, 6) is -1.17. The molecule has 0 aliphatic heterocycles. The van der Waals surface area contributed by atoms with Crippen molar-refractivity contribution in [2.24, 2.45) is 0 Å². The number of nitrogens with one attached hydrogen (secondary N) is 1. The van der Waals surface area contributed by atoms with E-state index in [2.05, 4.69) is 9.71 Å². The zero-order valence-corrected chi connectivity index (χ0v) is 11.2. The van der Waals surface area contributed by atoms with Crippen molar-refractivity contribution in [1.29, 1.82) is 0 Å². The molecular formula is C13H12N2O4S. The van der Waals surface area contributed by atoms with Crippen molar-refractivity contribution in [3.05, 3.63) is 59.9 Å². The molecule has 1 aromatic heterocycles. The van der Waals surface area contributed by atoms with Crippen LogP contribution in [0.25, 0.3) is 0 Å². The van der Waals surface area contributed by atoms with Crippen LogP contribution < -0.4 is 4.72 Å². The Morgan fingerprint density at radius 3 is 2.55 bits per heavy atom. The monoisotopic (exact) mass is 292 g/mol.